The zero-order valence-electron chi connectivity index (χ0n) is 7.52. The van der Waals surface area contributed by atoms with E-state index in [-0.39, 0.29) is 5.56 Å². The van der Waals surface area contributed by atoms with Gasteiger partial charge in [0.05, 0.1) is 5.56 Å². The first-order valence-corrected chi connectivity index (χ1v) is 5.00. The Kier molecular flexibility index (Phi) is 2.27. The van der Waals surface area contributed by atoms with E-state index in [0.717, 1.165) is 16.9 Å². The van der Waals surface area contributed by atoms with Crippen LogP contribution in [0.2, 0.25) is 0 Å². The summed E-state index contributed by atoms with van der Waals surface area (Å²) in [6.07, 6.45) is 3.37. The molecule has 2 heterocycles. The summed E-state index contributed by atoms with van der Waals surface area (Å²) in [6, 6.07) is 3.75. The summed E-state index contributed by atoms with van der Waals surface area (Å²) in [5, 5.41) is 19.3. The van der Waals surface area contributed by atoms with Crippen molar-refractivity contribution in [2.45, 2.75) is 0 Å². The van der Waals surface area contributed by atoms with E-state index < -0.39 is 5.97 Å². The molecule has 5 heteroatoms. The van der Waals surface area contributed by atoms with Crippen molar-refractivity contribution in [1.29, 1.82) is 5.26 Å². The van der Waals surface area contributed by atoms with E-state index in [1.165, 1.54) is 5.38 Å². The van der Waals surface area contributed by atoms with Crippen LogP contribution in [0.15, 0.2) is 23.8 Å². The Morgan fingerprint density at radius 1 is 1.60 bits per heavy atom. The molecule has 0 bridgehead atoms. The zero-order valence-corrected chi connectivity index (χ0v) is 8.34. The van der Waals surface area contributed by atoms with Crippen molar-refractivity contribution >= 4 is 17.3 Å². The number of hydrogen-bond acceptors (Lipinski definition) is 3. The van der Waals surface area contributed by atoms with Crippen LogP contribution in [0.5, 0.6) is 0 Å². The van der Waals surface area contributed by atoms with Crippen LogP contribution in [-0.2, 0) is 0 Å². The van der Waals surface area contributed by atoms with Crippen molar-refractivity contribution in [2.75, 3.05) is 0 Å². The number of hydrogen-bond donors (Lipinski definition) is 2. The molecule has 2 N–H and O–H groups in total. The molecular formula is C10H6N2O2S. The number of carboxylic acids is 1. The second-order valence-electron chi connectivity index (χ2n) is 2.87. The van der Waals surface area contributed by atoms with Crippen LogP contribution >= 0.6 is 11.3 Å². The number of aromatic amines is 1. The number of aromatic nitrogens is 1. The number of rotatable bonds is 2. The van der Waals surface area contributed by atoms with Gasteiger partial charge in [-0.15, -0.1) is 11.3 Å². The number of aromatic carboxylic acids is 1. The fourth-order valence-corrected chi connectivity index (χ4v) is 2.22. The van der Waals surface area contributed by atoms with Crippen molar-refractivity contribution in [1.82, 2.24) is 4.98 Å². The summed E-state index contributed by atoms with van der Waals surface area (Å²) < 4.78 is 0. The molecule has 0 aromatic carbocycles. The summed E-state index contributed by atoms with van der Waals surface area (Å²) in [5.74, 6) is -1.01. The summed E-state index contributed by atoms with van der Waals surface area (Å²) in [5.41, 5.74) is 1.40. The number of carboxylic acid groups (broad SMARTS) is 1. The lowest BCUT2D eigenvalue weighted by atomic mass is 10.1. The first-order chi connectivity index (χ1) is 7.24. The molecule has 0 aliphatic carbocycles. The number of nitrogens with one attached hydrogen (secondary N) is 1. The van der Waals surface area contributed by atoms with Crippen molar-refractivity contribution in [3.8, 4) is 17.2 Å². The zero-order chi connectivity index (χ0) is 10.8. The molecular weight excluding hydrogens is 212 g/mol. The molecule has 0 spiro atoms. The summed E-state index contributed by atoms with van der Waals surface area (Å²) >= 11 is 1.15. The van der Waals surface area contributed by atoms with Gasteiger partial charge in [-0.3, -0.25) is 0 Å². The predicted molar refractivity (Wildman–Crippen MR) is 55.8 cm³/mol. The third kappa shape index (κ3) is 1.51. The van der Waals surface area contributed by atoms with Gasteiger partial charge in [0, 0.05) is 28.9 Å². The maximum Gasteiger partial charge on any atom is 0.337 e. The van der Waals surface area contributed by atoms with E-state index in [0.29, 0.717) is 10.4 Å². The quantitative estimate of drug-likeness (QED) is 0.811. The summed E-state index contributed by atoms with van der Waals surface area (Å²) in [4.78, 5) is 14.2. The van der Waals surface area contributed by atoms with Crippen LogP contribution in [0, 0.1) is 11.3 Å². The third-order valence-electron chi connectivity index (χ3n) is 2.01. The highest BCUT2D eigenvalue weighted by Crippen LogP contribution is 2.32. The van der Waals surface area contributed by atoms with Gasteiger partial charge in [0.2, 0.25) is 0 Å². The van der Waals surface area contributed by atoms with E-state index in [1.54, 1.807) is 18.5 Å². The van der Waals surface area contributed by atoms with Gasteiger partial charge in [-0.2, -0.15) is 5.26 Å². The second-order valence-corrected chi connectivity index (χ2v) is 3.75. The van der Waals surface area contributed by atoms with E-state index in [2.05, 4.69) is 4.98 Å². The lowest BCUT2D eigenvalue weighted by molar-refractivity contribution is 0.0698. The van der Waals surface area contributed by atoms with Crippen LogP contribution in [0.25, 0.3) is 11.1 Å². The lowest BCUT2D eigenvalue weighted by Gasteiger charge is -1.96. The van der Waals surface area contributed by atoms with Gasteiger partial charge in [-0.25, -0.2) is 4.79 Å². The van der Waals surface area contributed by atoms with Gasteiger partial charge in [0.1, 0.15) is 10.9 Å². The number of nitrogens with zero attached hydrogens (tertiary/aromatic N) is 1. The molecule has 0 atom stereocenters. The highest BCUT2D eigenvalue weighted by atomic mass is 32.1. The molecule has 2 rings (SSSR count). The van der Waals surface area contributed by atoms with Gasteiger partial charge < -0.3 is 10.1 Å². The van der Waals surface area contributed by atoms with E-state index in [1.807, 2.05) is 6.07 Å². The first kappa shape index (κ1) is 9.49. The summed E-state index contributed by atoms with van der Waals surface area (Å²) in [7, 11) is 0. The highest BCUT2D eigenvalue weighted by Gasteiger charge is 2.18. The number of carbonyl (C=O) groups is 1. The number of H-pyrrole nitrogens is 1. The first-order valence-electron chi connectivity index (χ1n) is 4.12. The van der Waals surface area contributed by atoms with Crippen molar-refractivity contribution < 1.29 is 9.90 Å². The monoisotopic (exact) mass is 218 g/mol. The molecule has 0 amide bonds. The van der Waals surface area contributed by atoms with Gasteiger partial charge in [-0.1, -0.05) is 0 Å². The Balaban J connectivity index is 2.67. The van der Waals surface area contributed by atoms with Crippen LogP contribution in [0.3, 0.4) is 0 Å². The van der Waals surface area contributed by atoms with Crippen molar-refractivity contribution in [2.24, 2.45) is 0 Å². The maximum atomic E-state index is 10.9. The molecule has 0 aliphatic heterocycles. The van der Waals surface area contributed by atoms with Gasteiger partial charge in [0.25, 0.3) is 0 Å². The predicted octanol–water partition coefficient (Wildman–Crippen LogP) is 2.31. The molecule has 2 aromatic rings. The smallest absolute Gasteiger partial charge is 0.337 e. The van der Waals surface area contributed by atoms with Gasteiger partial charge >= 0.3 is 5.97 Å². The Morgan fingerprint density at radius 2 is 2.40 bits per heavy atom. The largest absolute Gasteiger partial charge is 0.478 e. The third-order valence-corrected chi connectivity index (χ3v) is 2.89. The van der Waals surface area contributed by atoms with Crippen LogP contribution < -0.4 is 0 Å². The Morgan fingerprint density at radius 3 is 2.93 bits per heavy atom. The molecule has 4 nitrogen and oxygen atoms in total. The minimum absolute atomic E-state index is 0.177. The van der Waals surface area contributed by atoms with E-state index >= 15 is 0 Å². The second kappa shape index (κ2) is 3.59. The molecule has 74 valence electrons. The minimum atomic E-state index is -1.01. The standard InChI is InChI=1S/C10H6N2O2S/c11-3-8-9(6-1-2-12-4-6)7(5-15-8)10(13)14/h1-2,4-5,12H,(H,13,14). The maximum absolute atomic E-state index is 10.9. The molecule has 0 unspecified atom stereocenters. The molecule has 0 fully saturated rings. The van der Waals surface area contributed by atoms with Gasteiger partial charge in [0.15, 0.2) is 0 Å². The van der Waals surface area contributed by atoms with Crippen LogP contribution in [-0.4, -0.2) is 16.1 Å². The average Bonchev–Trinajstić information content (AvgIpc) is 2.85. The highest BCUT2D eigenvalue weighted by molar-refractivity contribution is 7.11. The van der Waals surface area contributed by atoms with Crippen molar-refractivity contribution in [3.63, 3.8) is 0 Å². The van der Waals surface area contributed by atoms with Crippen LogP contribution in [0.1, 0.15) is 15.2 Å². The van der Waals surface area contributed by atoms with Crippen molar-refractivity contribution in [3.05, 3.63) is 34.3 Å². The topological polar surface area (TPSA) is 76.9 Å². The number of thiophene rings is 1. The summed E-state index contributed by atoms with van der Waals surface area (Å²) in [6.45, 7) is 0. The molecule has 0 aliphatic rings. The molecule has 0 saturated carbocycles. The fourth-order valence-electron chi connectivity index (χ4n) is 1.36. The Labute approximate surface area is 89.4 Å². The Hall–Kier alpha value is -2.06. The SMILES string of the molecule is N#Cc1scc(C(=O)O)c1-c1cc[nH]c1. The van der Waals surface area contributed by atoms with E-state index in [9.17, 15) is 4.79 Å². The normalized spacial score (nSPS) is 9.80. The molecule has 0 saturated heterocycles. The lowest BCUT2D eigenvalue weighted by Crippen LogP contribution is -1.96. The van der Waals surface area contributed by atoms with Crippen LogP contribution in [0.4, 0.5) is 0 Å². The fraction of sp³-hybridized carbons (Fsp3) is 0. The minimum Gasteiger partial charge on any atom is -0.478 e. The molecule has 0 radical (unpaired) electrons. The molecule has 2 aromatic heterocycles. The number of nitriles is 1. The Bertz CT molecular complexity index is 534. The average molecular weight is 218 g/mol. The molecule has 15 heavy (non-hydrogen) atoms. The van der Waals surface area contributed by atoms with E-state index in [4.69, 9.17) is 10.4 Å². The van der Waals surface area contributed by atoms with Gasteiger partial charge in [-0.05, 0) is 6.07 Å².